The van der Waals surface area contributed by atoms with Crippen molar-refractivity contribution < 1.29 is 33.3 Å². The number of halogens is 1. The van der Waals surface area contributed by atoms with Crippen LogP contribution < -0.4 is 29.6 Å². The maximum atomic E-state index is 12.0. The van der Waals surface area contributed by atoms with Crippen molar-refractivity contribution >= 4 is 39.9 Å². The van der Waals surface area contributed by atoms with Crippen LogP contribution in [0, 0.1) is 0 Å². The lowest BCUT2D eigenvalue weighted by atomic mass is 10.1. The Morgan fingerprint density at radius 1 is 0.789 bits per heavy atom. The van der Waals surface area contributed by atoms with Crippen molar-refractivity contribution in [3.05, 3.63) is 87.4 Å². The first-order chi connectivity index (χ1) is 18.4. The minimum atomic E-state index is -0.858. The van der Waals surface area contributed by atoms with Gasteiger partial charge in [-0.1, -0.05) is 36.4 Å². The molecule has 38 heavy (non-hydrogen) atoms. The van der Waals surface area contributed by atoms with Gasteiger partial charge in [0.25, 0.3) is 11.8 Å². The molecule has 3 aromatic carbocycles. The standard InChI is InChI=1S/C28H25BrN2O7/c1-3-36-23-13-18(9-10-22(23)37-15-17-7-5-4-6-8-17)16-38-25-21(29)12-19(14-24(25)35-2)11-20-26(32)30-28(34)31-27(20)33/h4-14H,3,15-16H2,1-2H3,(H2,30,31,32,33,34). The van der Waals surface area contributed by atoms with E-state index in [0.29, 0.717) is 46.2 Å². The summed E-state index contributed by atoms with van der Waals surface area (Å²) in [4.78, 5) is 35.4. The molecule has 9 nitrogen and oxygen atoms in total. The number of carbonyl (C=O) groups is 3. The van der Waals surface area contributed by atoms with Crippen molar-refractivity contribution in [2.24, 2.45) is 0 Å². The molecular weight excluding hydrogens is 556 g/mol. The van der Waals surface area contributed by atoms with E-state index in [2.05, 4.69) is 15.9 Å². The molecule has 0 aliphatic carbocycles. The highest BCUT2D eigenvalue weighted by Crippen LogP contribution is 2.38. The van der Waals surface area contributed by atoms with Crippen LogP contribution in [0.1, 0.15) is 23.6 Å². The molecule has 1 aliphatic heterocycles. The number of benzene rings is 3. The molecular formula is C28H25BrN2O7. The van der Waals surface area contributed by atoms with E-state index in [1.165, 1.54) is 13.2 Å². The maximum absolute atomic E-state index is 12.0. The predicted octanol–water partition coefficient (Wildman–Crippen LogP) is 4.76. The molecule has 0 aromatic heterocycles. The van der Waals surface area contributed by atoms with Crippen molar-refractivity contribution in [2.45, 2.75) is 20.1 Å². The Morgan fingerprint density at radius 2 is 1.50 bits per heavy atom. The van der Waals surface area contributed by atoms with Crippen LogP contribution in [0.15, 0.2) is 70.7 Å². The smallest absolute Gasteiger partial charge is 0.328 e. The minimum absolute atomic E-state index is 0.203. The number of amides is 4. The van der Waals surface area contributed by atoms with Gasteiger partial charge in [0.1, 0.15) is 18.8 Å². The third kappa shape index (κ3) is 6.51. The third-order valence-corrected chi connectivity index (χ3v) is 6.02. The highest BCUT2D eigenvalue weighted by molar-refractivity contribution is 9.10. The van der Waals surface area contributed by atoms with E-state index >= 15 is 0 Å². The number of rotatable bonds is 10. The number of carbonyl (C=O) groups excluding carboxylic acids is 3. The summed E-state index contributed by atoms with van der Waals surface area (Å²) in [6.45, 7) is 3.01. The van der Waals surface area contributed by atoms with Gasteiger partial charge in [-0.3, -0.25) is 20.2 Å². The molecule has 0 spiro atoms. The van der Waals surface area contributed by atoms with E-state index in [4.69, 9.17) is 18.9 Å². The second-order valence-corrected chi connectivity index (χ2v) is 8.96. The average molecular weight is 581 g/mol. The topological polar surface area (TPSA) is 112 Å². The zero-order valence-corrected chi connectivity index (χ0v) is 22.3. The Labute approximate surface area is 227 Å². The first-order valence-electron chi connectivity index (χ1n) is 11.7. The van der Waals surface area contributed by atoms with Crippen molar-refractivity contribution in [3.8, 4) is 23.0 Å². The molecule has 4 rings (SSSR count). The van der Waals surface area contributed by atoms with E-state index in [1.807, 2.05) is 66.1 Å². The van der Waals surface area contributed by atoms with Gasteiger partial charge in [-0.15, -0.1) is 0 Å². The van der Waals surface area contributed by atoms with E-state index in [1.54, 1.807) is 12.1 Å². The van der Waals surface area contributed by atoms with Crippen LogP contribution in [0.4, 0.5) is 4.79 Å². The number of nitrogens with one attached hydrogen (secondary N) is 2. The number of hydrogen-bond donors (Lipinski definition) is 2. The maximum Gasteiger partial charge on any atom is 0.328 e. The van der Waals surface area contributed by atoms with Crippen LogP contribution >= 0.6 is 15.9 Å². The summed E-state index contributed by atoms with van der Waals surface area (Å²) in [6.07, 6.45) is 1.36. The van der Waals surface area contributed by atoms with Gasteiger partial charge in [0.2, 0.25) is 0 Å². The molecule has 0 saturated carbocycles. The van der Waals surface area contributed by atoms with Crippen molar-refractivity contribution in [3.63, 3.8) is 0 Å². The van der Waals surface area contributed by atoms with Crippen molar-refractivity contribution in [1.82, 2.24) is 10.6 Å². The summed E-state index contributed by atoms with van der Waals surface area (Å²) in [5, 5.41) is 4.08. The molecule has 2 N–H and O–H groups in total. The summed E-state index contributed by atoms with van der Waals surface area (Å²) >= 11 is 3.48. The first-order valence-corrected chi connectivity index (χ1v) is 12.5. The number of urea groups is 1. The Kier molecular flexibility index (Phi) is 8.65. The van der Waals surface area contributed by atoms with Crippen molar-refractivity contribution in [1.29, 1.82) is 0 Å². The average Bonchev–Trinajstić information content (AvgIpc) is 2.90. The Balaban J connectivity index is 1.50. The van der Waals surface area contributed by atoms with Gasteiger partial charge in [-0.25, -0.2) is 4.79 Å². The summed E-state index contributed by atoms with van der Waals surface area (Å²) in [7, 11) is 1.48. The Bertz CT molecular complexity index is 1370. The fourth-order valence-corrected chi connectivity index (χ4v) is 4.23. The van der Waals surface area contributed by atoms with Gasteiger partial charge >= 0.3 is 6.03 Å². The predicted molar refractivity (Wildman–Crippen MR) is 143 cm³/mol. The summed E-state index contributed by atoms with van der Waals surface area (Å²) in [6, 6.07) is 17.9. The number of barbiturate groups is 1. The Morgan fingerprint density at radius 3 is 2.18 bits per heavy atom. The molecule has 3 aromatic rings. The normalized spacial score (nSPS) is 12.9. The highest BCUT2D eigenvalue weighted by Gasteiger charge is 2.28. The molecule has 1 saturated heterocycles. The molecule has 0 bridgehead atoms. The van der Waals surface area contributed by atoms with Crippen molar-refractivity contribution in [2.75, 3.05) is 13.7 Å². The lowest BCUT2D eigenvalue weighted by molar-refractivity contribution is -0.123. The number of imide groups is 2. The van der Waals surface area contributed by atoms with Crippen LogP contribution in [0.3, 0.4) is 0 Å². The molecule has 0 unspecified atom stereocenters. The van der Waals surface area contributed by atoms with E-state index in [9.17, 15) is 14.4 Å². The van der Waals surface area contributed by atoms with Gasteiger partial charge < -0.3 is 18.9 Å². The quantitative estimate of drug-likeness (QED) is 0.262. The number of methoxy groups -OCH3 is 1. The third-order valence-electron chi connectivity index (χ3n) is 5.43. The molecule has 10 heteroatoms. The van der Waals surface area contributed by atoms with Crippen LogP contribution in [0.2, 0.25) is 0 Å². The van der Waals surface area contributed by atoms with Crippen LogP contribution in [0.5, 0.6) is 23.0 Å². The highest BCUT2D eigenvalue weighted by atomic mass is 79.9. The lowest BCUT2D eigenvalue weighted by Gasteiger charge is -2.17. The lowest BCUT2D eigenvalue weighted by Crippen LogP contribution is -2.51. The van der Waals surface area contributed by atoms with Crippen LogP contribution in [0.25, 0.3) is 6.08 Å². The molecule has 1 aliphatic rings. The fraction of sp³-hybridized carbons (Fsp3) is 0.179. The molecule has 0 radical (unpaired) electrons. The van der Waals surface area contributed by atoms with Gasteiger partial charge in [0.05, 0.1) is 18.2 Å². The molecule has 196 valence electrons. The zero-order chi connectivity index (χ0) is 27.1. The molecule has 1 fully saturated rings. The fourth-order valence-electron chi connectivity index (χ4n) is 3.66. The Hall–Kier alpha value is -4.31. The largest absolute Gasteiger partial charge is 0.493 e. The second kappa shape index (κ2) is 12.3. The minimum Gasteiger partial charge on any atom is -0.493 e. The molecule has 4 amide bonds. The SMILES string of the molecule is CCOc1cc(COc2c(Br)cc(C=C3C(=O)NC(=O)NC3=O)cc2OC)ccc1OCc1ccccc1. The van der Waals surface area contributed by atoms with Gasteiger partial charge in [-0.2, -0.15) is 0 Å². The van der Waals surface area contributed by atoms with Gasteiger partial charge in [0, 0.05) is 0 Å². The number of ether oxygens (including phenoxy) is 4. The first kappa shape index (κ1) is 26.7. The molecule has 1 heterocycles. The zero-order valence-electron chi connectivity index (χ0n) is 20.7. The van der Waals surface area contributed by atoms with E-state index in [0.717, 1.165) is 11.1 Å². The summed E-state index contributed by atoms with van der Waals surface area (Å²) in [5.74, 6) is 0.496. The van der Waals surface area contributed by atoms with Crippen LogP contribution in [-0.2, 0) is 22.8 Å². The van der Waals surface area contributed by atoms with E-state index in [-0.39, 0.29) is 12.2 Å². The van der Waals surface area contributed by atoms with Gasteiger partial charge in [-0.05, 0) is 69.9 Å². The number of hydrogen-bond acceptors (Lipinski definition) is 7. The second-order valence-electron chi connectivity index (χ2n) is 8.11. The monoisotopic (exact) mass is 580 g/mol. The van der Waals surface area contributed by atoms with Gasteiger partial charge in [0.15, 0.2) is 23.0 Å². The summed E-state index contributed by atoms with van der Waals surface area (Å²) < 4.78 is 23.9. The summed E-state index contributed by atoms with van der Waals surface area (Å²) in [5.41, 5.74) is 2.19. The van der Waals surface area contributed by atoms with E-state index < -0.39 is 17.8 Å². The van der Waals surface area contributed by atoms with Crippen LogP contribution in [-0.4, -0.2) is 31.6 Å². The molecule has 0 atom stereocenters.